The zero-order valence-electron chi connectivity index (χ0n) is 13.7. The Balaban J connectivity index is 2.22. The molecule has 0 spiro atoms. The smallest absolute Gasteiger partial charge is 0.131 e. The Bertz CT molecular complexity index is 433. The van der Waals surface area contributed by atoms with Gasteiger partial charge >= 0.3 is 0 Å². The Morgan fingerprint density at radius 3 is 2.35 bits per heavy atom. The van der Waals surface area contributed by atoms with Gasteiger partial charge in [-0.1, -0.05) is 20.3 Å². The molecule has 1 N–H and O–H groups in total. The van der Waals surface area contributed by atoms with E-state index in [4.69, 9.17) is 9.97 Å². The van der Waals surface area contributed by atoms with Crippen LogP contribution in [0.25, 0.3) is 0 Å². The maximum Gasteiger partial charge on any atom is 0.131 e. The van der Waals surface area contributed by atoms with Crippen LogP contribution in [0.5, 0.6) is 0 Å². The summed E-state index contributed by atoms with van der Waals surface area (Å²) in [6.07, 6.45) is 5.19. The van der Waals surface area contributed by atoms with Crippen LogP contribution < -0.4 is 5.32 Å². The third-order valence-electron chi connectivity index (χ3n) is 4.83. The minimum absolute atomic E-state index is 0.473. The molecule has 1 aliphatic rings. The van der Waals surface area contributed by atoms with Crippen molar-refractivity contribution < 1.29 is 0 Å². The van der Waals surface area contributed by atoms with Gasteiger partial charge in [0.1, 0.15) is 5.82 Å². The molecule has 3 unspecified atom stereocenters. The van der Waals surface area contributed by atoms with Crippen molar-refractivity contribution in [1.82, 2.24) is 15.3 Å². The second-order valence-corrected chi connectivity index (χ2v) is 6.41. The van der Waals surface area contributed by atoms with Crippen molar-refractivity contribution in [3.63, 3.8) is 0 Å². The highest BCUT2D eigenvalue weighted by molar-refractivity contribution is 5.29. The number of hydrogen-bond donors (Lipinski definition) is 1. The molecule has 1 saturated carbocycles. The first kappa shape index (κ1) is 15.4. The van der Waals surface area contributed by atoms with Crippen LogP contribution in [0.1, 0.15) is 74.1 Å². The second-order valence-electron chi connectivity index (χ2n) is 6.41. The van der Waals surface area contributed by atoms with E-state index in [1.54, 1.807) is 0 Å². The summed E-state index contributed by atoms with van der Waals surface area (Å²) in [5.74, 6) is 3.04. The fourth-order valence-electron chi connectivity index (χ4n) is 3.74. The molecule has 0 radical (unpaired) electrons. The number of hydrogen-bond acceptors (Lipinski definition) is 3. The minimum atomic E-state index is 0.473. The summed E-state index contributed by atoms with van der Waals surface area (Å²) in [7, 11) is 2.00. The molecule has 1 aromatic heterocycles. The molecule has 1 aliphatic carbocycles. The number of nitrogens with zero attached hydrogens (tertiary/aromatic N) is 2. The van der Waals surface area contributed by atoms with Crippen LogP contribution in [-0.2, 0) is 0 Å². The molecule has 0 amide bonds. The molecule has 2 rings (SSSR count). The van der Waals surface area contributed by atoms with E-state index < -0.39 is 0 Å². The standard InChI is InChI=1S/C17H29N3/c1-6-14-7-8-15(9-14)17-19-12(3)16(13(4)20-17)11(2)10-18-5/h11,14-15,18H,6-10H2,1-5H3. The quantitative estimate of drug-likeness (QED) is 0.890. The van der Waals surface area contributed by atoms with E-state index in [2.05, 4.69) is 33.0 Å². The molecule has 1 heterocycles. The zero-order valence-corrected chi connectivity index (χ0v) is 13.7. The zero-order chi connectivity index (χ0) is 14.7. The van der Waals surface area contributed by atoms with E-state index in [9.17, 15) is 0 Å². The average Bonchev–Trinajstić information content (AvgIpc) is 2.86. The van der Waals surface area contributed by atoms with E-state index in [-0.39, 0.29) is 0 Å². The molecule has 3 atom stereocenters. The Hall–Kier alpha value is -0.960. The van der Waals surface area contributed by atoms with Crippen LogP contribution in [-0.4, -0.2) is 23.6 Å². The largest absolute Gasteiger partial charge is 0.319 e. The van der Waals surface area contributed by atoms with Gasteiger partial charge in [0.2, 0.25) is 0 Å². The van der Waals surface area contributed by atoms with Gasteiger partial charge in [-0.2, -0.15) is 0 Å². The Labute approximate surface area is 123 Å². The summed E-state index contributed by atoms with van der Waals surface area (Å²) in [4.78, 5) is 9.70. The summed E-state index contributed by atoms with van der Waals surface area (Å²) in [5, 5.41) is 3.25. The van der Waals surface area contributed by atoms with Gasteiger partial charge in [0.25, 0.3) is 0 Å². The Morgan fingerprint density at radius 1 is 1.20 bits per heavy atom. The van der Waals surface area contributed by atoms with Crippen LogP contribution in [0.15, 0.2) is 0 Å². The lowest BCUT2D eigenvalue weighted by Gasteiger charge is -2.18. The summed E-state index contributed by atoms with van der Waals surface area (Å²) in [6.45, 7) is 9.81. The highest BCUT2D eigenvalue weighted by atomic mass is 14.9. The van der Waals surface area contributed by atoms with Gasteiger partial charge in [-0.05, 0) is 57.6 Å². The molecule has 3 nitrogen and oxygen atoms in total. The highest BCUT2D eigenvalue weighted by Gasteiger charge is 2.27. The monoisotopic (exact) mass is 275 g/mol. The first-order valence-corrected chi connectivity index (χ1v) is 8.06. The molecule has 0 bridgehead atoms. The van der Waals surface area contributed by atoms with Gasteiger partial charge in [-0.25, -0.2) is 9.97 Å². The van der Waals surface area contributed by atoms with Crippen LogP contribution >= 0.6 is 0 Å². The van der Waals surface area contributed by atoms with Crippen molar-refractivity contribution in [3.8, 4) is 0 Å². The molecule has 112 valence electrons. The van der Waals surface area contributed by atoms with E-state index in [1.807, 2.05) is 7.05 Å². The molecule has 3 heteroatoms. The van der Waals surface area contributed by atoms with Crippen molar-refractivity contribution in [2.75, 3.05) is 13.6 Å². The van der Waals surface area contributed by atoms with Crippen LogP contribution in [0, 0.1) is 19.8 Å². The first-order valence-electron chi connectivity index (χ1n) is 8.06. The first-order chi connectivity index (χ1) is 9.56. The van der Waals surface area contributed by atoms with Gasteiger partial charge in [0.05, 0.1) is 0 Å². The lowest BCUT2D eigenvalue weighted by molar-refractivity contribution is 0.515. The van der Waals surface area contributed by atoms with Crippen LogP contribution in [0.4, 0.5) is 0 Å². The third kappa shape index (κ3) is 3.20. The van der Waals surface area contributed by atoms with Crippen molar-refractivity contribution in [2.45, 2.75) is 65.2 Å². The summed E-state index contributed by atoms with van der Waals surface area (Å²) in [5.41, 5.74) is 3.68. The van der Waals surface area contributed by atoms with E-state index in [0.717, 1.165) is 18.3 Å². The fourth-order valence-corrected chi connectivity index (χ4v) is 3.74. The van der Waals surface area contributed by atoms with Gasteiger partial charge in [-0.15, -0.1) is 0 Å². The normalized spacial score (nSPS) is 24.1. The lowest BCUT2D eigenvalue weighted by atomic mass is 9.96. The van der Waals surface area contributed by atoms with Crippen molar-refractivity contribution in [3.05, 3.63) is 22.8 Å². The maximum absolute atomic E-state index is 4.85. The van der Waals surface area contributed by atoms with Crippen LogP contribution in [0.3, 0.4) is 0 Å². The van der Waals surface area contributed by atoms with E-state index in [0.29, 0.717) is 11.8 Å². The second kappa shape index (κ2) is 6.66. The number of rotatable bonds is 5. The molecular formula is C17H29N3. The molecule has 0 aliphatic heterocycles. The number of aryl methyl sites for hydroxylation is 2. The minimum Gasteiger partial charge on any atom is -0.319 e. The topological polar surface area (TPSA) is 37.8 Å². The average molecular weight is 275 g/mol. The Kier molecular flexibility index (Phi) is 5.14. The van der Waals surface area contributed by atoms with Gasteiger partial charge < -0.3 is 5.32 Å². The third-order valence-corrected chi connectivity index (χ3v) is 4.83. The molecular weight excluding hydrogens is 246 g/mol. The van der Waals surface area contributed by atoms with Crippen molar-refractivity contribution in [2.24, 2.45) is 5.92 Å². The molecule has 0 saturated heterocycles. The predicted molar refractivity (Wildman–Crippen MR) is 84.2 cm³/mol. The van der Waals surface area contributed by atoms with Gasteiger partial charge in [0.15, 0.2) is 0 Å². The summed E-state index contributed by atoms with van der Waals surface area (Å²) >= 11 is 0. The number of nitrogens with one attached hydrogen (secondary N) is 1. The van der Waals surface area contributed by atoms with Gasteiger partial charge in [-0.3, -0.25) is 0 Å². The molecule has 1 aromatic rings. The molecule has 0 aromatic carbocycles. The Morgan fingerprint density at radius 2 is 1.85 bits per heavy atom. The van der Waals surface area contributed by atoms with Crippen LogP contribution in [0.2, 0.25) is 0 Å². The van der Waals surface area contributed by atoms with E-state index >= 15 is 0 Å². The molecule has 1 fully saturated rings. The number of likely N-dealkylation sites (N-methyl/N-ethyl adjacent to an activating group) is 1. The SMILES string of the molecule is CCC1CCC(c2nc(C)c(C(C)CNC)c(C)n2)C1. The highest BCUT2D eigenvalue weighted by Crippen LogP contribution is 2.38. The van der Waals surface area contributed by atoms with Crippen molar-refractivity contribution in [1.29, 1.82) is 0 Å². The summed E-state index contributed by atoms with van der Waals surface area (Å²) in [6, 6.07) is 0. The van der Waals surface area contributed by atoms with Gasteiger partial charge in [0, 0.05) is 23.9 Å². The lowest BCUT2D eigenvalue weighted by Crippen LogP contribution is -2.18. The maximum atomic E-state index is 4.85. The summed E-state index contributed by atoms with van der Waals surface area (Å²) < 4.78 is 0. The number of aromatic nitrogens is 2. The predicted octanol–water partition coefficient (Wildman–Crippen LogP) is 3.71. The van der Waals surface area contributed by atoms with Crippen molar-refractivity contribution >= 4 is 0 Å². The van der Waals surface area contributed by atoms with E-state index in [1.165, 1.54) is 42.6 Å². The fraction of sp³-hybridized carbons (Fsp3) is 0.765. The molecule has 20 heavy (non-hydrogen) atoms.